The highest BCUT2D eigenvalue weighted by molar-refractivity contribution is 4.82. The van der Waals surface area contributed by atoms with Crippen LogP contribution in [0.4, 0.5) is 4.39 Å². The van der Waals surface area contributed by atoms with E-state index in [1.54, 1.807) is 0 Å². The van der Waals surface area contributed by atoms with Gasteiger partial charge >= 0.3 is 0 Å². The van der Waals surface area contributed by atoms with Gasteiger partial charge in [0.15, 0.2) is 0 Å². The van der Waals surface area contributed by atoms with E-state index in [0.29, 0.717) is 5.92 Å². The number of halogens is 1. The average molecular weight is 326 g/mol. The van der Waals surface area contributed by atoms with Gasteiger partial charge in [-0.05, 0) is 49.9 Å². The van der Waals surface area contributed by atoms with Crippen LogP contribution >= 0.6 is 0 Å². The first-order chi connectivity index (χ1) is 11.2. The normalized spacial score (nSPS) is 24.5. The molecule has 1 heteroatoms. The zero-order chi connectivity index (χ0) is 16.9. The molecule has 1 fully saturated rings. The fourth-order valence-corrected chi connectivity index (χ4v) is 4.23. The summed E-state index contributed by atoms with van der Waals surface area (Å²) < 4.78 is 14.0. The summed E-state index contributed by atoms with van der Waals surface area (Å²) in [6.45, 7) is 6.74. The van der Waals surface area contributed by atoms with Gasteiger partial charge < -0.3 is 0 Å². The van der Waals surface area contributed by atoms with Crippen molar-refractivity contribution in [1.29, 1.82) is 0 Å². The Kier molecular flexibility index (Phi) is 12.1. The van der Waals surface area contributed by atoms with Gasteiger partial charge in [-0.3, -0.25) is 0 Å². The van der Waals surface area contributed by atoms with Crippen LogP contribution in [0.1, 0.15) is 111 Å². The Morgan fingerprint density at radius 2 is 1.57 bits per heavy atom. The second kappa shape index (κ2) is 13.2. The van der Waals surface area contributed by atoms with Crippen molar-refractivity contribution in [3.8, 4) is 0 Å². The lowest BCUT2D eigenvalue weighted by Gasteiger charge is -2.33. The summed E-state index contributed by atoms with van der Waals surface area (Å²) in [4.78, 5) is 0. The summed E-state index contributed by atoms with van der Waals surface area (Å²) in [7, 11) is 0. The predicted octanol–water partition coefficient (Wildman–Crippen LogP) is 7.91. The van der Waals surface area contributed by atoms with Gasteiger partial charge in [0.25, 0.3) is 0 Å². The van der Waals surface area contributed by atoms with Gasteiger partial charge in [-0.15, -0.1) is 0 Å². The summed E-state index contributed by atoms with van der Waals surface area (Å²) in [5.41, 5.74) is 0. The Morgan fingerprint density at radius 3 is 2.22 bits per heavy atom. The largest absolute Gasteiger partial charge is 0.247 e. The maximum Gasteiger partial charge on any atom is 0.104 e. The van der Waals surface area contributed by atoms with E-state index in [4.69, 9.17) is 0 Å². The molecule has 0 bridgehead atoms. The quantitative estimate of drug-likeness (QED) is 0.302. The molecule has 0 aromatic heterocycles. The molecule has 1 radical (unpaired) electrons. The van der Waals surface area contributed by atoms with E-state index < -0.39 is 6.17 Å². The molecule has 2 atom stereocenters. The third-order valence-electron chi connectivity index (χ3n) is 5.99. The average Bonchev–Trinajstić information content (AvgIpc) is 2.55. The lowest BCUT2D eigenvalue weighted by atomic mass is 9.73. The van der Waals surface area contributed by atoms with Crippen LogP contribution in [0, 0.1) is 24.2 Å². The summed E-state index contributed by atoms with van der Waals surface area (Å²) >= 11 is 0. The molecule has 0 aromatic carbocycles. The minimum Gasteiger partial charge on any atom is -0.247 e. The zero-order valence-corrected chi connectivity index (χ0v) is 16.2. The van der Waals surface area contributed by atoms with E-state index in [1.807, 2.05) is 6.42 Å². The molecule has 1 aliphatic rings. The molecule has 1 rings (SSSR count). The molecule has 2 unspecified atom stereocenters. The molecule has 0 heterocycles. The molecule has 0 aromatic rings. The molecule has 0 amide bonds. The van der Waals surface area contributed by atoms with Crippen molar-refractivity contribution in [2.45, 2.75) is 117 Å². The minimum atomic E-state index is -0.673. The van der Waals surface area contributed by atoms with E-state index in [9.17, 15) is 4.39 Å². The van der Waals surface area contributed by atoms with Crippen LogP contribution in [-0.4, -0.2) is 6.17 Å². The molecule has 0 nitrogen and oxygen atoms in total. The Bertz CT molecular complexity index is 255. The lowest BCUT2D eigenvalue weighted by Crippen LogP contribution is -2.22. The summed E-state index contributed by atoms with van der Waals surface area (Å²) in [6.07, 6.45) is 19.3. The Labute approximate surface area is 146 Å². The fraction of sp³-hybridized carbons (Fsp3) is 0.955. The predicted molar refractivity (Wildman–Crippen MR) is 101 cm³/mol. The lowest BCUT2D eigenvalue weighted by molar-refractivity contribution is 0.174. The number of hydrogen-bond acceptors (Lipinski definition) is 0. The highest BCUT2D eigenvalue weighted by atomic mass is 19.1. The highest BCUT2D eigenvalue weighted by Crippen LogP contribution is 2.37. The Balaban J connectivity index is 2.09. The SMILES string of the molecule is CCCC[CH]C(F)CC(C)[C@H]1CC[C@H](CCCCCCC)CC1. The van der Waals surface area contributed by atoms with Crippen LogP contribution in [0.25, 0.3) is 0 Å². The van der Waals surface area contributed by atoms with Gasteiger partial charge in [0.2, 0.25) is 0 Å². The number of rotatable bonds is 13. The summed E-state index contributed by atoms with van der Waals surface area (Å²) in [5.74, 6) is 2.31. The third-order valence-corrected chi connectivity index (χ3v) is 5.99. The van der Waals surface area contributed by atoms with Gasteiger partial charge in [-0.2, -0.15) is 0 Å². The van der Waals surface area contributed by atoms with Crippen molar-refractivity contribution in [2.75, 3.05) is 0 Å². The zero-order valence-electron chi connectivity index (χ0n) is 16.2. The second-order valence-corrected chi connectivity index (χ2v) is 8.09. The van der Waals surface area contributed by atoms with Crippen LogP contribution in [0.5, 0.6) is 0 Å². The number of alkyl halides is 1. The van der Waals surface area contributed by atoms with Crippen LogP contribution in [0.15, 0.2) is 0 Å². The second-order valence-electron chi connectivity index (χ2n) is 8.09. The van der Waals surface area contributed by atoms with Crippen molar-refractivity contribution < 1.29 is 4.39 Å². The molecular weight excluding hydrogens is 283 g/mol. The maximum atomic E-state index is 14.0. The summed E-state index contributed by atoms with van der Waals surface area (Å²) in [6, 6.07) is 0. The van der Waals surface area contributed by atoms with E-state index >= 15 is 0 Å². The molecule has 0 N–H and O–H groups in total. The van der Waals surface area contributed by atoms with Crippen LogP contribution in [-0.2, 0) is 0 Å². The molecule has 1 aliphatic carbocycles. The monoisotopic (exact) mass is 325 g/mol. The van der Waals surface area contributed by atoms with Crippen LogP contribution in [0.2, 0.25) is 0 Å². The van der Waals surface area contributed by atoms with E-state index in [1.165, 1.54) is 70.6 Å². The standard InChI is InChI=1S/C22H42F/c1-4-6-8-9-11-12-20-14-16-21(17-15-20)19(3)18-22(23)13-10-7-5-2/h13,19-22H,4-12,14-18H2,1-3H3/t19?,20-,21-,22?. The van der Waals surface area contributed by atoms with Gasteiger partial charge in [-0.25, -0.2) is 4.39 Å². The first kappa shape index (κ1) is 21.0. The maximum absolute atomic E-state index is 14.0. The Hall–Kier alpha value is -0.0700. The number of unbranched alkanes of at least 4 members (excludes halogenated alkanes) is 6. The first-order valence-electron chi connectivity index (χ1n) is 10.6. The van der Waals surface area contributed by atoms with Crippen molar-refractivity contribution in [3.63, 3.8) is 0 Å². The molecule has 0 spiro atoms. The molecule has 137 valence electrons. The van der Waals surface area contributed by atoms with Gasteiger partial charge in [0, 0.05) is 0 Å². The van der Waals surface area contributed by atoms with Gasteiger partial charge in [0.05, 0.1) is 0 Å². The van der Waals surface area contributed by atoms with E-state index in [0.717, 1.165) is 31.1 Å². The molecule has 0 saturated heterocycles. The fourth-order valence-electron chi connectivity index (χ4n) is 4.23. The van der Waals surface area contributed by atoms with Gasteiger partial charge in [-0.1, -0.05) is 85.0 Å². The first-order valence-corrected chi connectivity index (χ1v) is 10.6. The molecular formula is C22H42F. The third kappa shape index (κ3) is 9.72. The smallest absolute Gasteiger partial charge is 0.104 e. The van der Waals surface area contributed by atoms with Gasteiger partial charge in [0.1, 0.15) is 6.17 Å². The Morgan fingerprint density at radius 1 is 0.913 bits per heavy atom. The molecule has 23 heavy (non-hydrogen) atoms. The molecule has 0 aliphatic heterocycles. The van der Waals surface area contributed by atoms with Crippen LogP contribution < -0.4 is 0 Å². The van der Waals surface area contributed by atoms with Crippen molar-refractivity contribution in [2.24, 2.45) is 17.8 Å². The van der Waals surface area contributed by atoms with Crippen molar-refractivity contribution in [3.05, 3.63) is 6.42 Å². The minimum absolute atomic E-state index is 0.563. The van der Waals surface area contributed by atoms with E-state index in [-0.39, 0.29) is 0 Å². The topological polar surface area (TPSA) is 0 Å². The molecule has 1 saturated carbocycles. The highest BCUT2D eigenvalue weighted by Gasteiger charge is 2.26. The van der Waals surface area contributed by atoms with E-state index in [2.05, 4.69) is 20.8 Å². The number of hydrogen-bond donors (Lipinski definition) is 0. The van der Waals surface area contributed by atoms with Crippen LogP contribution in [0.3, 0.4) is 0 Å². The van der Waals surface area contributed by atoms with Crippen molar-refractivity contribution in [1.82, 2.24) is 0 Å². The van der Waals surface area contributed by atoms with Crippen molar-refractivity contribution >= 4 is 0 Å². The summed E-state index contributed by atoms with van der Waals surface area (Å²) in [5, 5.41) is 0.